The van der Waals surface area contributed by atoms with Crippen LogP contribution < -0.4 is 10.2 Å². The summed E-state index contributed by atoms with van der Waals surface area (Å²) >= 11 is 3.52. The number of halogens is 1. The Bertz CT molecular complexity index is 399. The summed E-state index contributed by atoms with van der Waals surface area (Å²) in [7, 11) is 0. The second kappa shape index (κ2) is 4.24. The van der Waals surface area contributed by atoms with E-state index in [2.05, 4.69) is 37.2 Å². The summed E-state index contributed by atoms with van der Waals surface area (Å²) in [5, 5.41) is 3.51. The second-order valence-corrected chi connectivity index (χ2v) is 5.32. The molecule has 1 aromatic rings. The molecule has 3 heterocycles. The first kappa shape index (κ1) is 10.4. The predicted octanol–water partition coefficient (Wildman–Crippen LogP) is 2.80. The SMILES string of the molecule is Brc1cc(N2CCCC2)c2c(n1)CCCN2. The Labute approximate surface area is 104 Å². The Morgan fingerprint density at radius 1 is 1.25 bits per heavy atom. The minimum absolute atomic E-state index is 0.969. The number of hydrogen-bond acceptors (Lipinski definition) is 3. The summed E-state index contributed by atoms with van der Waals surface area (Å²) in [6, 6.07) is 2.16. The van der Waals surface area contributed by atoms with E-state index in [1.165, 1.54) is 49.4 Å². The number of nitrogens with zero attached hydrogens (tertiary/aromatic N) is 2. The van der Waals surface area contributed by atoms with Crippen LogP contribution in [0, 0.1) is 0 Å². The van der Waals surface area contributed by atoms with E-state index in [4.69, 9.17) is 0 Å². The number of hydrogen-bond donors (Lipinski definition) is 1. The predicted molar refractivity (Wildman–Crippen MR) is 70.2 cm³/mol. The van der Waals surface area contributed by atoms with Crippen molar-refractivity contribution in [1.29, 1.82) is 0 Å². The average molecular weight is 282 g/mol. The summed E-state index contributed by atoms with van der Waals surface area (Å²) in [4.78, 5) is 7.05. The lowest BCUT2D eigenvalue weighted by Crippen LogP contribution is -2.23. The van der Waals surface area contributed by atoms with Gasteiger partial charge in [-0.1, -0.05) is 0 Å². The van der Waals surface area contributed by atoms with E-state index in [0.717, 1.165) is 17.6 Å². The molecular formula is C12H16BrN3. The fraction of sp³-hybridized carbons (Fsp3) is 0.583. The normalized spacial score (nSPS) is 19.4. The van der Waals surface area contributed by atoms with E-state index >= 15 is 0 Å². The number of nitrogens with one attached hydrogen (secondary N) is 1. The molecule has 0 unspecified atom stereocenters. The molecule has 1 saturated heterocycles. The fourth-order valence-corrected chi connectivity index (χ4v) is 3.03. The molecule has 0 saturated carbocycles. The van der Waals surface area contributed by atoms with Crippen molar-refractivity contribution in [1.82, 2.24) is 4.98 Å². The molecule has 3 rings (SSSR count). The first-order valence-corrected chi connectivity index (χ1v) is 6.82. The van der Waals surface area contributed by atoms with Gasteiger partial charge in [0.25, 0.3) is 0 Å². The van der Waals surface area contributed by atoms with Crippen molar-refractivity contribution in [3.63, 3.8) is 0 Å². The average Bonchev–Trinajstić information content (AvgIpc) is 2.81. The molecule has 2 aliphatic heterocycles. The smallest absolute Gasteiger partial charge is 0.108 e. The molecule has 16 heavy (non-hydrogen) atoms. The Balaban J connectivity index is 2.04. The van der Waals surface area contributed by atoms with Gasteiger partial charge in [0, 0.05) is 19.6 Å². The molecular weight excluding hydrogens is 266 g/mol. The van der Waals surface area contributed by atoms with Crippen LogP contribution in [-0.4, -0.2) is 24.6 Å². The molecule has 0 radical (unpaired) electrons. The van der Waals surface area contributed by atoms with Crippen LogP contribution in [0.4, 0.5) is 11.4 Å². The van der Waals surface area contributed by atoms with Crippen molar-refractivity contribution < 1.29 is 0 Å². The van der Waals surface area contributed by atoms with Crippen LogP contribution in [0.25, 0.3) is 0 Å². The van der Waals surface area contributed by atoms with Gasteiger partial charge in [0.05, 0.1) is 17.1 Å². The molecule has 86 valence electrons. The third-order valence-electron chi connectivity index (χ3n) is 3.38. The highest BCUT2D eigenvalue weighted by Crippen LogP contribution is 2.35. The first-order chi connectivity index (χ1) is 7.84. The standard InChI is InChI=1S/C12H16BrN3/c13-11-8-10(16-6-1-2-7-16)12-9(15-11)4-3-5-14-12/h8,14H,1-7H2. The number of aromatic nitrogens is 1. The first-order valence-electron chi connectivity index (χ1n) is 6.03. The Hall–Kier alpha value is -0.770. The van der Waals surface area contributed by atoms with Crippen molar-refractivity contribution in [2.75, 3.05) is 29.9 Å². The van der Waals surface area contributed by atoms with Crippen LogP contribution in [0.3, 0.4) is 0 Å². The van der Waals surface area contributed by atoms with Gasteiger partial charge in [-0.05, 0) is 47.7 Å². The van der Waals surface area contributed by atoms with Crippen molar-refractivity contribution in [2.45, 2.75) is 25.7 Å². The molecule has 0 aliphatic carbocycles. The maximum atomic E-state index is 4.57. The highest BCUT2D eigenvalue weighted by atomic mass is 79.9. The minimum atomic E-state index is 0.969. The minimum Gasteiger partial charge on any atom is -0.382 e. The van der Waals surface area contributed by atoms with Gasteiger partial charge in [-0.3, -0.25) is 0 Å². The van der Waals surface area contributed by atoms with Crippen molar-refractivity contribution in [2.24, 2.45) is 0 Å². The molecule has 1 fully saturated rings. The molecule has 0 bridgehead atoms. The van der Waals surface area contributed by atoms with Gasteiger partial charge in [-0.2, -0.15) is 0 Å². The van der Waals surface area contributed by atoms with Crippen molar-refractivity contribution in [3.05, 3.63) is 16.4 Å². The van der Waals surface area contributed by atoms with Gasteiger partial charge in [-0.15, -0.1) is 0 Å². The van der Waals surface area contributed by atoms with Crippen LogP contribution in [0.15, 0.2) is 10.7 Å². The van der Waals surface area contributed by atoms with Gasteiger partial charge < -0.3 is 10.2 Å². The number of aryl methyl sites for hydroxylation is 1. The number of pyridine rings is 1. The lowest BCUT2D eigenvalue weighted by molar-refractivity contribution is 0.794. The quantitative estimate of drug-likeness (QED) is 0.803. The number of anilines is 2. The van der Waals surface area contributed by atoms with E-state index < -0.39 is 0 Å². The third-order valence-corrected chi connectivity index (χ3v) is 3.79. The summed E-state index contributed by atoms with van der Waals surface area (Å²) in [5.74, 6) is 0. The monoisotopic (exact) mass is 281 g/mol. The van der Waals surface area contributed by atoms with Crippen LogP contribution in [0.2, 0.25) is 0 Å². The van der Waals surface area contributed by atoms with Crippen LogP contribution >= 0.6 is 15.9 Å². The van der Waals surface area contributed by atoms with Gasteiger partial charge in [-0.25, -0.2) is 4.98 Å². The molecule has 1 N–H and O–H groups in total. The van der Waals surface area contributed by atoms with E-state index in [9.17, 15) is 0 Å². The molecule has 3 nitrogen and oxygen atoms in total. The van der Waals surface area contributed by atoms with Gasteiger partial charge in [0.15, 0.2) is 0 Å². The van der Waals surface area contributed by atoms with Crippen LogP contribution in [-0.2, 0) is 6.42 Å². The van der Waals surface area contributed by atoms with Gasteiger partial charge >= 0.3 is 0 Å². The van der Waals surface area contributed by atoms with Crippen molar-refractivity contribution in [3.8, 4) is 0 Å². The maximum absolute atomic E-state index is 4.57. The lowest BCUT2D eigenvalue weighted by atomic mass is 10.1. The fourth-order valence-electron chi connectivity index (χ4n) is 2.60. The Kier molecular flexibility index (Phi) is 2.75. The van der Waals surface area contributed by atoms with Crippen LogP contribution in [0.5, 0.6) is 0 Å². The highest BCUT2D eigenvalue weighted by molar-refractivity contribution is 9.10. The van der Waals surface area contributed by atoms with Gasteiger partial charge in [0.2, 0.25) is 0 Å². The Morgan fingerprint density at radius 3 is 2.88 bits per heavy atom. The third kappa shape index (κ3) is 1.79. The van der Waals surface area contributed by atoms with E-state index in [0.29, 0.717) is 0 Å². The van der Waals surface area contributed by atoms with Crippen LogP contribution in [0.1, 0.15) is 25.0 Å². The summed E-state index contributed by atoms with van der Waals surface area (Å²) in [6.07, 6.45) is 4.92. The molecule has 0 aromatic carbocycles. The number of rotatable bonds is 1. The number of fused-ring (bicyclic) bond motifs is 1. The zero-order valence-electron chi connectivity index (χ0n) is 9.30. The zero-order chi connectivity index (χ0) is 11.0. The van der Waals surface area contributed by atoms with Gasteiger partial charge in [0.1, 0.15) is 4.60 Å². The summed E-state index contributed by atoms with van der Waals surface area (Å²) in [5.41, 5.74) is 3.84. The summed E-state index contributed by atoms with van der Waals surface area (Å²) < 4.78 is 0.969. The van der Waals surface area contributed by atoms with Crippen molar-refractivity contribution >= 4 is 27.3 Å². The highest BCUT2D eigenvalue weighted by Gasteiger charge is 2.21. The molecule has 0 spiro atoms. The summed E-state index contributed by atoms with van der Waals surface area (Å²) in [6.45, 7) is 3.45. The second-order valence-electron chi connectivity index (χ2n) is 4.51. The lowest BCUT2D eigenvalue weighted by Gasteiger charge is -2.26. The Morgan fingerprint density at radius 2 is 2.06 bits per heavy atom. The topological polar surface area (TPSA) is 28.2 Å². The molecule has 2 aliphatic rings. The largest absolute Gasteiger partial charge is 0.382 e. The zero-order valence-corrected chi connectivity index (χ0v) is 10.9. The van der Waals surface area contributed by atoms with E-state index in [-0.39, 0.29) is 0 Å². The molecule has 0 atom stereocenters. The van der Waals surface area contributed by atoms with E-state index in [1.807, 2.05) is 0 Å². The molecule has 0 amide bonds. The van der Waals surface area contributed by atoms with E-state index in [1.54, 1.807) is 0 Å². The maximum Gasteiger partial charge on any atom is 0.108 e. The molecule has 4 heteroatoms. The molecule has 1 aromatic heterocycles.